The summed E-state index contributed by atoms with van der Waals surface area (Å²) in [5, 5.41) is 16.9. The molecule has 3 rings (SSSR count). The van der Waals surface area contributed by atoms with Crippen LogP contribution in [0.1, 0.15) is 34.7 Å². The van der Waals surface area contributed by atoms with Crippen molar-refractivity contribution in [1.29, 1.82) is 0 Å². The number of fused-ring (bicyclic) bond motifs is 1. The maximum Gasteiger partial charge on any atom is 0.237 e. The maximum atomic E-state index is 8.79. The molecule has 0 fully saturated rings. The van der Waals surface area contributed by atoms with Crippen LogP contribution in [0.15, 0.2) is 36.1 Å². The molecule has 1 aliphatic carbocycles. The number of aryl methyl sites for hydroxylation is 1. The number of aromatic nitrogens is 1. The largest absolute Gasteiger partial charge is 0.367 e. The predicted molar refractivity (Wildman–Crippen MR) is 103 cm³/mol. The lowest BCUT2D eigenvalue weighted by molar-refractivity contribution is 0.232. The number of thiophene rings is 1. The van der Waals surface area contributed by atoms with E-state index in [1.807, 2.05) is 19.2 Å². The van der Waals surface area contributed by atoms with Gasteiger partial charge in [0.15, 0.2) is 0 Å². The van der Waals surface area contributed by atoms with Crippen LogP contribution in [0.4, 0.5) is 0 Å². The number of pyridine rings is 1. The fourth-order valence-corrected chi connectivity index (χ4v) is 5.93. The van der Waals surface area contributed by atoms with Crippen LogP contribution in [0.2, 0.25) is 0 Å². The average molecular weight is 473 g/mol. The Hall–Kier alpha value is -1.29. The number of rotatable bonds is 2. The highest BCUT2D eigenvalue weighted by molar-refractivity contribution is 9.12. The Morgan fingerprint density at radius 3 is 2.92 bits per heavy atom. The van der Waals surface area contributed by atoms with Gasteiger partial charge in [0.25, 0.3) is 0 Å². The van der Waals surface area contributed by atoms with Gasteiger partial charge in [0, 0.05) is 11.8 Å². The normalized spacial score (nSPS) is 19.4. The van der Waals surface area contributed by atoms with Crippen molar-refractivity contribution < 1.29 is 5.21 Å². The van der Waals surface area contributed by atoms with Gasteiger partial charge in [-0.2, -0.15) is 5.10 Å². The molecule has 2 aromatic rings. The van der Waals surface area contributed by atoms with Crippen molar-refractivity contribution in [3.05, 3.63) is 48.3 Å². The van der Waals surface area contributed by atoms with Crippen LogP contribution < -0.4 is 11.2 Å². The molecule has 2 heterocycles. The number of halogens is 2. The van der Waals surface area contributed by atoms with E-state index in [1.165, 1.54) is 5.56 Å². The number of hydrogen-bond acceptors (Lipinski definition) is 5. The number of nitrogens with one attached hydrogen (secondary N) is 1. The lowest BCUT2D eigenvalue weighted by Crippen LogP contribution is -2.28. The van der Waals surface area contributed by atoms with Crippen LogP contribution in [0.25, 0.3) is 0 Å². The van der Waals surface area contributed by atoms with E-state index in [4.69, 9.17) is 10.9 Å². The fourth-order valence-electron chi connectivity index (χ4n) is 2.88. The van der Waals surface area contributed by atoms with E-state index in [-0.39, 0.29) is 11.9 Å². The molecule has 0 aromatic carbocycles. The van der Waals surface area contributed by atoms with Crippen molar-refractivity contribution in [1.82, 2.24) is 10.5 Å². The molecule has 24 heavy (non-hydrogen) atoms. The summed E-state index contributed by atoms with van der Waals surface area (Å²) in [6.07, 6.45) is 3.39. The highest BCUT2D eigenvalue weighted by Crippen LogP contribution is 2.41. The van der Waals surface area contributed by atoms with E-state index < -0.39 is 0 Å². The summed E-state index contributed by atoms with van der Waals surface area (Å²) in [7, 11) is 0. The van der Waals surface area contributed by atoms with Crippen LogP contribution in [0.3, 0.4) is 0 Å². The average Bonchev–Trinajstić information content (AvgIpc) is 2.90. The second-order valence-electron chi connectivity index (χ2n) is 5.48. The van der Waals surface area contributed by atoms with Crippen molar-refractivity contribution in [2.75, 3.05) is 0 Å². The number of nitrogens with zero attached hydrogens (tertiary/aromatic N) is 3. The number of hydroxylamine groups is 1. The Bertz CT molecular complexity index is 833. The molecule has 0 aliphatic heterocycles. The van der Waals surface area contributed by atoms with Gasteiger partial charge in [-0.15, -0.1) is 16.4 Å². The molecule has 0 radical (unpaired) electrons. The van der Waals surface area contributed by atoms with Crippen molar-refractivity contribution in [2.45, 2.75) is 25.7 Å². The van der Waals surface area contributed by atoms with Gasteiger partial charge in [-0.1, -0.05) is 0 Å². The van der Waals surface area contributed by atoms with Gasteiger partial charge in [0.1, 0.15) is 0 Å². The molecule has 126 valence electrons. The molecule has 0 bridgehead atoms. The van der Waals surface area contributed by atoms with E-state index in [0.29, 0.717) is 0 Å². The molecule has 0 amide bonds. The van der Waals surface area contributed by atoms with Crippen LogP contribution in [-0.4, -0.2) is 21.9 Å². The smallest absolute Gasteiger partial charge is 0.237 e. The van der Waals surface area contributed by atoms with Gasteiger partial charge in [0.2, 0.25) is 5.96 Å². The summed E-state index contributed by atoms with van der Waals surface area (Å²) in [6.45, 7) is 2.03. The van der Waals surface area contributed by atoms with E-state index in [9.17, 15) is 0 Å². The van der Waals surface area contributed by atoms with Crippen LogP contribution >= 0.6 is 43.2 Å². The van der Waals surface area contributed by atoms with Crippen molar-refractivity contribution >= 4 is 54.9 Å². The topological polar surface area (TPSA) is 95.9 Å². The minimum atomic E-state index is -0.146. The van der Waals surface area contributed by atoms with Gasteiger partial charge in [-0.3, -0.25) is 10.2 Å². The first-order valence-electron chi connectivity index (χ1n) is 7.19. The van der Waals surface area contributed by atoms with Gasteiger partial charge in [-0.05, 0) is 80.8 Å². The zero-order valence-corrected chi connectivity index (χ0v) is 16.7. The first-order valence-corrected chi connectivity index (χ1v) is 9.59. The molecule has 0 saturated heterocycles. The minimum Gasteiger partial charge on any atom is -0.367 e. The molecular weight excluding hydrogens is 458 g/mol. The predicted octanol–water partition coefficient (Wildman–Crippen LogP) is 3.70. The second kappa shape index (κ2) is 7.30. The summed E-state index contributed by atoms with van der Waals surface area (Å²) >= 11 is 8.83. The summed E-state index contributed by atoms with van der Waals surface area (Å²) in [5.74, 6) is 0.105. The highest BCUT2D eigenvalue weighted by Gasteiger charge is 2.29. The molecule has 4 N–H and O–H groups in total. The van der Waals surface area contributed by atoms with E-state index in [0.717, 1.165) is 42.9 Å². The first-order chi connectivity index (χ1) is 11.5. The third kappa shape index (κ3) is 3.53. The Morgan fingerprint density at radius 2 is 2.25 bits per heavy atom. The Balaban J connectivity index is 2.06. The fraction of sp³-hybridized carbons (Fsp3) is 0.267. The lowest BCUT2D eigenvalue weighted by Gasteiger charge is -2.26. The van der Waals surface area contributed by atoms with Crippen molar-refractivity contribution in [3.8, 4) is 0 Å². The molecule has 1 aliphatic rings. The van der Waals surface area contributed by atoms with E-state index >= 15 is 0 Å². The summed E-state index contributed by atoms with van der Waals surface area (Å²) in [6, 6.07) is 4.09. The number of guanidine groups is 1. The van der Waals surface area contributed by atoms with Gasteiger partial charge in [0.05, 0.1) is 19.0 Å². The van der Waals surface area contributed by atoms with Gasteiger partial charge >= 0.3 is 0 Å². The summed E-state index contributed by atoms with van der Waals surface area (Å²) in [5.41, 5.74) is 12.4. The Morgan fingerprint density at radius 1 is 1.46 bits per heavy atom. The third-order valence-electron chi connectivity index (χ3n) is 3.92. The van der Waals surface area contributed by atoms with Crippen LogP contribution in [-0.2, 0) is 6.42 Å². The third-order valence-corrected chi connectivity index (χ3v) is 6.31. The number of hydrogen-bond donors (Lipinski definition) is 3. The molecule has 0 spiro atoms. The molecule has 9 heteroatoms. The van der Waals surface area contributed by atoms with Crippen molar-refractivity contribution in [2.24, 2.45) is 15.9 Å². The monoisotopic (exact) mass is 471 g/mol. The Kier molecular flexibility index (Phi) is 5.33. The molecule has 2 aromatic heterocycles. The van der Waals surface area contributed by atoms with Gasteiger partial charge in [-0.25, -0.2) is 5.48 Å². The zero-order chi connectivity index (χ0) is 17.3. The number of nitrogens with two attached hydrogens (primary N) is 1. The summed E-state index contributed by atoms with van der Waals surface area (Å²) in [4.78, 5) is 4.54. The van der Waals surface area contributed by atoms with E-state index in [2.05, 4.69) is 53.1 Å². The van der Waals surface area contributed by atoms with Gasteiger partial charge < -0.3 is 5.73 Å². The zero-order valence-electron chi connectivity index (χ0n) is 12.8. The molecule has 6 nitrogen and oxygen atoms in total. The standard InChI is InChI=1S/C15H15Br2N5OS/c1-7-2-3-19-10-4-8(9-6-12(16)24-14(9)17)5-11(13(7)10)20-21-15(18)22-23/h2-3,6,8,23H,4-5H2,1H3,(H3,18,21,22). The first kappa shape index (κ1) is 17.5. The Labute approximate surface area is 160 Å². The molecular formula is C15H15Br2N5OS. The van der Waals surface area contributed by atoms with E-state index in [1.54, 1.807) is 16.8 Å². The second-order valence-corrected chi connectivity index (χ2v) is 9.23. The van der Waals surface area contributed by atoms with Crippen LogP contribution in [0, 0.1) is 6.92 Å². The molecule has 0 saturated carbocycles. The molecule has 1 unspecified atom stereocenters. The van der Waals surface area contributed by atoms with Crippen LogP contribution in [0.5, 0.6) is 0 Å². The lowest BCUT2D eigenvalue weighted by atomic mass is 9.81. The maximum absolute atomic E-state index is 8.79. The SMILES string of the molecule is Cc1ccnc2c1C(=NN=C(N)NO)CC(c1cc(Br)sc1Br)C2. The molecule has 1 atom stereocenters. The quantitative estimate of drug-likeness (QED) is 0.352. The minimum absolute atomic E-state index is 0.146. The highest BCUT2D eigenvalue weighted by atomic mass is 79.9. The summed E-state index contributed by atoms with van der Waals surface area (Å²) < 4.78 is 2.19. The van der Waals surface area contributed by atoms with Crippen molar-refractivity contribution in [3.63, 3.8) is 0 Å².